The van der Waals surface area contributed by atoms with E-state index >= 15 is 0 Å². The highest BCUT2D eigenvalue weighted by Crippen LogP contribution is 2.20. The zero-order valence-electron chi connectivity index (χ0n) is 14.6. The number of rotatable bonds is 6. The van der Waals surface area contributed by atoms with Crippen LogP contribution in [0.1, 0.15) is 35.7 Å². The van der Waals surface area contributed by atoms with Crippen molar-refractivity contribution < 1.29 is 4.79 Å². The molecule has 136 valence electrons. The molecule has 6 nitrogen and oxygen atoms in total. The van der Waals surface area contributed by atoms with Crippen LogP contribution in [0.4, 0.5) is 0 Å². The molecular weight excluding hydrogens is 338 g/mol. The van der Waals surface area contributed by atoms with Crippen LogP contribution in [-0.4, -0.2) is 51.8 Å². The third-order valence-corrected chi connectivity index (χ3v) is 4.63. The summed E-state index contributed by atoms with van der Waals surface area (Å²) in [4.78, 5) is 18.9. The molecule has 0 radical (unpaired) electrons. The Bertz CT molecular complexity index is 653. The van der Waals surface area contributed by atoms with Crippen LogP contribution in [0.2, 0.25) is 0 Å². The van der Waals surface area contributed by atoms with Crippen LogP contribution in [0.25, 0.3) is 0 Å². The molecule has 3 rings (SSSR count). The second kappa shape index (κ2) is 9.53. The second-order valence-corrected chi connectivity index (χ2v) is 6.29. The van der Waals surface area contributed by atoms with Gasteiger partial charge in [0.15, 0.2) is 0 Å². The molecule has 1 amide bonds. The number of hydrogen-bond acceptors (Lipinski definition) is 4. The van der Waals surface area contributed by atoms with E-state index in [0.717, 1.165) is 50.1 Å². The molecule has 1 aliphatic rings. The predicted molar refractivity (Wildman–Crippen MR) is 100.0 cm³/mol. The van der Waals surface area contributed by atoms with Crippen LogP contribution >= 0.6 is 12.4 Å². The Morgan fingerprint density at radius 1 is 1.28 bits per heavy atom. The maximum Gasteiger partial charge on any atom is 0.254 e. The SMILES string of the molecule is CCNCC1CCN(C(=O)c2ccccc2Cn2cncn2)CC1.Cl. The van der Waals surface area contributed by atoms with Gasteiger partial charge in [-0.15, -0.1) is 12.4 Å². The molecule has 1 saturated heterocycles. The zero-order chi connectivity index (χ0) is 16.8. The Kier molecular flexibility index (Phi) is 7.40. The van der Waals surface area contributed by atoms with E-state index in [1.165, 1.54) is 6.33 Å². The van der Waals surface area contributed by atoms with Gasteiger partial charge < -0.3 is 10.2 Å². The van der Waals surface area contributed by atoms with Crippen molar-refractivity contribution in [3.63, 3.8) is 0 Å². The van der Waals surface area contributed by atoms with Crippen molar-refractivity contribution in [1.29, 1.82) is 0 Å². The highest BCUT2D eigenvalue weighted by Gasteiger charge is 2.24. The van der Waals surface area contributed by atoms with E-state index in [1.807, 2.05) is 29.2 Å². The van der Waals surface area contributed by atoms with Crippen molar-refractivity contribution in [2.24, 2.45) is 5.92 Å². The van der Waals surface area contributed by atoms with Gasteiger partial charge in [0.1, 0.15) is 12.7 Å². The fourth-order valence-corrected chi connectivity index (χ4v) is 3.21. The second-order valence-electron chi connectivity index (χ2n) is 6.29. The van der Waals surface area contributed by atoms with E-state index in [0.29, 0.717) is 12.5 Å². The normalized spacial score (nSPS) is 15.0. The van der Waals surface area contributed by atoms with Gasteiger partial charge in [-0.05, 0) is 43.5 Å². The number of benzene rings is 1. The molecule has 0 unspecified atom stereocenters. The van der Waals surface area contributed by atoms with Crippen LogP contribution in [0.15, 0.2) is 36.9 Å². The molecule has 1 aromatic heterocycles. The number of carbonyl (C=O) groups excluding carboxylic acids is 1. The monoisotopic (exact) mass is 363 g/mol. The van der Waals surface area contributed by atoms with Crippen molar-refractivity contribution in [2.75, 3.05) is 26.2 Å². The summed E-state index contributed by atoms with van der Waals surface area (Å²) in [5.74, 6) is 0.812. The van der Waals surface area contributed by atoms with E-state index in [-0.39, 0.29) is 18.3 Å². The van der Waals surface area contributed by atoms with Gasteiger partial charge in [0.05, 0.1) is 6.54 Å². The average molecular weight is 364 g/mol. The number of aromatic nitrogens is 3. The quantitative estimate of drug-likeness (QED) is 0.854. The Balaban J connectivity index is 0.00000225. The number of hydrogen-bond donors (Lipinski definition) is 1. The summed E-state index contributed by atoms with van der Waals surface area (Å²) in [5.41, 5.74) is 1.76. The molecule has 1 N–H and O–H groups in total. The minimum absolute atomic E-state index is 0. The van der Waals surface area contributed by atoms with Gasteiger partial charge in [-0.1, -0.05) is 25.1 Å². The maximum atomic E-state index is 12.9. The molecule has 0 atom stereocenters. The van der Waals surface area contributed by atoms with Gasteiger partial charge in [0.25, 0.3) is 5.91 Å². The number of piperidine rings is 1. The number of nitrogens with one attached hydrogen (secondary N) is 1. The first kappa shape index (κ1) is 19.4. The summed E-state index contributed by atoms with van der Waals surface area (Å²) >= 11 is 0. The number of nitrogens with zero attached hydrogens (tertiary/aromatic N) is 4. The van der Waals surface area contributed by atoms with Gasteiger partial charge in [-0.25, -0.2) is 9.67 Å². The Morgan fingerprint density at radius 2 is 2.04 bits per heavy atom. The van der Waals surface area contributed by atoms with Gasteiger partial charge in [0.2, 0.25) is 0 Å². The molecule has 1 aliphatic heterocycles. The lowest BCUT2D eigenvalue weighted by molar-refractivity contribution is 0.0689. The Hall–Kier alpha value is -1.92. The summed E-state index contributed by atoms with van der Waals surface area (Å²) in [5, 5.41) is 7.55. The summed E-state index contributed by atoms with van der Waals surface area (Å²) in [6.07, 6.45) is 5.33. The van der Waals surface area contributed by atoms with Gasteiger partial charge >= 0.3 is 0 Å². The lowest BCUT2D eigenvalue weighted by atomic mass is 9.95. The average Bonchev–Trinajstić information content (AvgIpc) is 3.13. The van der Waals surface area contributed by atoms with Crippen molar-refractivity contribution in [3.8, 4) is 0 Å². The predicted octanol–water partition coefficient (Wildman–Crippen LogP) is 2.21. The molecule has 1 aromatic carbocycles. The number of amides is 1. The standard InChI is InChI=1S/C18H25N5O.ClH/c1-2-19-11-15-7-9-22(10-8-15)18(24)17-6-4-3-5-16(17)12-23-14-20-13-21-23;/h3-6,13-15,19H,2,7-12H2,1H3;1H. The molecule has 1 fully saturated rings. The zero-order valence-corrected chi connectivity index (χ0v) is 15.4. The van der Waals surface area contributed by atoms with E-state index in [2.05, 4.69) is 22.3 Å². The van der Waals surface area contributed by atoms with Crippen LogP contribution in [0.5, 0.6) is 0 Å². The Morgan fingerprint density at radius 3 is 2.72 bits per heavy atom. The van der Waals surface area contributed by atoms with Crippen LogP contribution in [0.3, 0.4) is 0 Å². The van der Waals surface area contributed by atoms with E-state index < -0.39 is 0 Å². The fraction of sp³-hybridized carbons (Fsp3) is 0.500. The molecule has 7 heteroatoms. The number of likely N-dealkylation sites (tertiary alicyclic amines) is 1. The van der Waals surface area contributed by atoms with Crippen molar-refractivity contribution >= 4 is 18.3 Å². The number of carbonyl (C=O) groups is 1. The highest BCUT2D eigenvalue weighted by molar-refractivity contribution is 5.95. The minimum atomic E-state index is 0. The van der Waals surface area contributed by atoms with Crippen molar-refractivity contribution in [2.45, 2.75) is 26.3 Å². The fourth-order valence-electron chi connectivity index (χ4n) is 3.21. The van der Waals surface area contributed by atoms with E-state index in [1.54, 1.807) is 11.0 Å². The third-order valence-electron chi connectivity index (χ3n) is 4.63. The largest absolute Gasteiger partial charge is 0.339 e. The first-order valence-electron chi connectivity index (χ1n) is 8.68. The maximum absolute atomic E-state index is 12.9. The molecule has 0 saturated carbocycles. The summed E-state index contributed by atoms with van der Waals surface area (Å²) in [7, 11) is 0. The molecule has 2 heterocycles. The molecule has 2 aromatic rings. The lowest BCUT2D eigenvalue weighted by Gasteiger charge is -2.32. The molecule has 25 heavy (non-hydrogen) atoms. The first-order chi connectivity index (χ1) is 11.8. The smallest absolute Gasteiger partial charge is 0.254 e. The van der Waals surface area contributed by atoms with E-state index in [9.17, 15) is 4.79 Å². The minimum Gasteiger partial charge on any atom is -0.339 e. The number of halogens is 1. The van der Waals surface area contributed by atoms with Crippen LogP contribution in [0, 0.1) is 5.92 Å². The van der Waals surface area contributed by atoms with Crippen LogP contribution < -0.4 is 5.32 Å². The summed E-state index contributed by atoms with van der Waals surface area (Å²) in [6.45, 7) is 6.44. The molecule has 0 spiro atoms. The van der Waals surface area contributed by atoms with E-state index in [4.69, 9.17) is 0 Å². The topological polar surface area (TPSA) is 63.1 Å². The van der Waals surface area contributed by atoms with Gasteiger partial charge in [-0.3, -0.25) is 4.79 Å². The lowest BCUT2D eigenvalue weighted by Crippen LogP contribution is -2.41. The highest BCUT2D eigenvalue weighted by atomic mass is 35.5. The van der Waals surface area contributed by atoms with Gasteiger partial charge in [0, 0.05) is 18.7 Å². The van der Waals surface area contributed by atoms with Crippen molar-refractivity contribution in [1.82, 2.24) is 25.0 Å². The summed E-state index contributed by atoms with van der Waals surface area (Å²) < 4.78 is 1.74. The van der Waals surface area contributed by atoms with Crippen LogP contribution in [-0.2, 0) is 6.54 Å². The molecule has 0 bridgehead atoms. The van der Waals surface area contributed by atoms with Crippen molar-refractivity contribution in [3.05, 3.63) is 48.0 Å². The summed E-state index contributed by atoms with van der Waals surface area (Å²) in [6, 6.07) is 7.80. The molecule has 0 aliphatic carbocycles. The molecular formula is C18H26ClN5O. The van der Waals surface area contributed by atoms with Gasteiger partial charge in [-0.2, -0.15) is 5.10 Å². The first-order valence-corrected chi connectivity index (χ1v) is 8.68. The Labute approximate surface area is 155 Å². The third kappa shape index (κ3) is 5.03.